The van der Waals surface area contributed by atoms with Crippen LogP contribution >= 0.6 is 0 Å². The van der Waals surface area contributed by atoms with Crippen molar-refractivity contribution in [3.05, 3.63) is 0 Å². The molecule has 1 fully saturated rings. The van der Waals surface area contributed by atoms with E-state index in [2.05, 4.69) is 0 Å². The van der Waals surface area contributed by atoms with Gasteiger partial charge in [-0.1, -0.05) is 0 Å². The Morgan fingerprint density at radius 2 is 2.20 bits per heavy atom. The third kappa shape index (κ3) is 3.70. The zero-order valence-corrected chi connectivity index (χ0v) is 9.95. The van der Waals surface area contributed by atoms with Gasteiger partial charge in [0.1, 0.15) is 5.60 Å². The molecule has 15 heavy (non-hydrogen) atoms. The van der Waals surface area contributed by atoms with Crippen LogP contribution in [0.1, 0.15) is 40.0 Å². The number of carbonyl (C=O) groups excluding carboxylic acids is 1. The molecule has 0 bridgehead atoms. The van der Waals surface area contributed by atoms with Gasteiger partial charge in [-0.05, 0) is 46.6 Å². The fourth-order valence-electron chi connectivity index (χ4n) is 1.89. The zero-order valence-electron chi connectivity index (χ0n) is 9.95. The Morgan fingerprint density at radius 3 is 2.73 bits per heavy atom. The van der Waals surface area contributed by atoms with Crippen molar-refractivity contribution in [2.75, 3.05) is 13.1 Å². The first-order chi connectivity index (χ1) is 6.94. The topological polar surface area (TPSA) is 55.6 Å². The van der Waals surface area contributed by atoms with Crippen LogP contribution in [0, 0.1) is 0 Å². The molecule has 0 unspecified atom stereocenters. The minimum absolute atomic E-state index is 0.196. The van der Waals surface area contributed by atoms with Crippen LogP contribution in [0.5, 0.6) is 0 Å². The molecule has 1 atom stereocenters. The summed E-state index contributed by atoms with van der Waals surface area (Å²) in [7, 11) is 0. The van der Waals surface area contributed by atoms with E-state index in [0.717, 1.165) is 25.8 Å². The number of hydrogen-bond acceptors (Lipinski definition) is 3. The molecule has 1 heterocycles. The van der Waals surface area contributed by atoms with Crippen molar-refractivity contribution in [1.82, 2.24) is 4.90 Å². The molecule has 2 N–H and O–H groups in total. The molecule has 0 aliphatic carbocycles. The summed E-state index contributed by atoms with van der Waals surface area (Å²) >= 11 is 0. The second-order valence-electron chi connectivity index (χ2n) is 5.05. The average Bonchev–Trinajstić information content (AvgIpc) is 2.49. The lowest BCUT2D eigenvalue weighted by molar-refractivity contribution is 0.0222. The third-order valence-corrected chi connectivity index (χ3v) is 2.51. The van der Waals surface area contributed by atoms with Crippen LogP contribution in [0.2, 0.25) is 0 Å². The van der Waals surface area contributed by atoms with Gasteiger partial charge >= 0.3 is 6.09 Å². The summed E-state index contributed by atoms with van der Waals surface area (Å²) in [4.78, 5) is 13.6. The highest BCUT2D eigenvalue weighted by Gasteiger charge is 2.31. The van der Waals surface area contributed by atoms with E-state index in [4.69, 9.17) is 10.5 Å². The summed E-state index contributed by atoms with van der Waals surface area (Å²) in [5.41, 5.74) is 5.11. The predicted molar refractivity (Wildman–Crippen MR) is 59.6 cm³/mol. The maximum Gasteiger partial charge on any atom is 0.410 e. The number of hydrogen-bond donors (Lipinski definition) is 1. The molecular weight excluding hydrogens is 192 g/mol. The van der Waals surface area contributed by atoms with E-state index in [-0.39, 0.29) is 12.1 Å². The number of amides is 1. The molecule has 4 nitrogen and oxygen atoms in total. The van der Waals surface area contributed by atoms with Crippen LogP contribution in [-0.2, 0) is 4.74 Å². The van der Waals surface area contributed by atoms with Gasteiger partial charge in [0.25, 0.3) is 0 Å². The van der Waals surface area contributed by atoms with Gasteiger partial charge in [-0.3, -0.25) is 0 Å². The van der Waals surface area contributed by atoms with Gasteiger partial charge in [0.15, 0.2) is 0 Å². The van der Waals surface area contributed by atoms with E-state index in [0.29, 0.717) is 6.54 Å². The second-order valence-corrected chi connectivity index (χ2v) is 5.05. The largest absolute Gasteiger partial charge is 0.444 e. The van der Waals surface area contributed by atoms with E-state index in [1.54, 1.807) is 0 Å². The molecule has 0 spiro atoms. The standard InChI is InChI=1S/C11H22N2O2/c1-11(2,3)15-10(14)13-8-4-5-9(13)6-7-12/h9H,4-8,12H2,1-3H3/t9-/m0/s1. The van der Waals surface area contributed by atoms with Gasteiger partial charge in [0.05, 0.1) is 0 Å². The molecule has 0 aromatic carbocycles. The lowest BCUT2D eigenvalue weighted by Crippen LogP contribution is -2.40. The SMILES string of the molecule is CC(C)(C)OC(=O)N1CCC[C@H]1CCN. The molecule has 1 aliphatic heterocycles. The van der Waals surface area contributed by atoms with E-state index >= 15 is 0 Å². The second kappa shape index (κ2) is 4.84. The van der Waals surface area contributed by atoms with Crippen molar-refractivity contribution in [2.45, 2.75) is 51.7 Å². The summed E-state index contributed by atoms with van der Waals surface area (Å²) < 4.78 is 5.34. The van der Waals surface area contributed by atoms with Crippen molar-refractivity contribution in [3.8, 4) is 0 Å². The summed E-state index contributed by atoms with van der Waals surface area (Å²) in [6, 6.07) is 0.282. The van der Waals surface area contributed by atoms with Crippen molar-refractivity contribution >= 4 is 6.09 Å². The highest BCUT2D eigenvalue weighted by molar-refractivity contribution is 5.68. The van der Waals surface area contributed by atoms with E-state index < -0.39 is 5.60 Å². The van der Waals surface area contributed by atoms with Crippen molar-refractivity contribution in [3.63, 3.8) is 0 Å². The predicted octanol–water partition coefficient (Wildman–Crippen LogP) is 1.73. The number of nitrogens with two attached hydrogens (primary N) is 1. The number of rotatable bonds is 2. The van der Waals surface area contributed by atoms with Gasteiger partial charge in [-0.2, -0.15) is 0 Å². The zero-order chi connectivity index (χ0) is 11.5. The van der Waals surface area contributed by atoms with E-state index in [9.17, 15) is 4.79 Å². The van der Waals surface area contributed by atoms with Crippen LogP contribution < -0.4 is 5.73 Å². The Kier molecular flexibility index (Phi) is 3.97. The molecular formula is C11H22N2O2. The van der Waals surface area contributed by atoms with Crippen LogP contribution in [0.15, 0.2) is 0 Å². The van der Waals surface area contributed by atoms with Crippen molar-refractivity contribution < 1.29 is 9.53 Å². The lowest BCUT2D eigenvalue weighted by atomic mass is 10.1. The van der Waals surface area contributed by atoms with Gasteiger partial charge < -0.3 is 15.4 Å². The molecule has 0 saturated carbocycles. The molecule has 0 aromatic heterocycles. The van der Waals surface area contributed by atoms with E-state index in [1.807, 2.05) is 25.7 Å². The Balaban J connectivity index is 2.51. The molecule has 0 radical (unpaired) electrons. The van der Waals surface area contributed by atoms with Crippen LogP contribution in [0.25, 0.3) is 0 Å². The van der Waals surface area contributed by atoms with Crippen molar-refractivity contribution in [2.24, 2.45) is 5.73 Å². The first-order valence-corrected chi connectivity index (χ1v) is 5.64. The molecule has 1 amide bonds. The molecule has 4 heteroatoms. The Hall–Kier alpha value is -0.770. The molecule has 0 aromatic rings. The van der Waals surface area contributed by atoms with E-state index in [1.165, 1.54) is 0 Å². The van der Waals surface area contributed by atoms with Crippen LogP contribution in [-0.4, -0.2) is 35.7 Å². The molecule has 88 valence electrons. The Morgan fingerprint density at radius 1 is 1.53 bits per heavy atom. The van der Waals surface area contributed by atoms with Gasteiger partial charge in [0, 0.05) is 12.6 Å². The third-order valence-electron chi connectivity index (χ3n) is 2.51. The maximum atomic E-state index is 11.8. The van der Waals surface area contributed by atoms with Crippen molar-refractivity contribution in [1.29, 1.82) is 0 Å². The number of carbonyl (C=O) groups is 1. The highest BCUT2D eigenvalue weighted by Crippen LogP contribution is 2.22. The normalized spacial score (nSPS) is 21.9. The lowest BCUT2D eigenvalue weighted by Gasteiger charge is -2.28. The maximum absolute atomic E-state index is 11.8. The number of ether oxygens (including phenoxy) is 1. The molecule has 1 aliphatic rings. The van der Waals surface area contributed by atoms with Gasteiger partial charge in [-0.15, -0.1) is 0 Å². The first-order valence-electron chi connectivity index (χ1n) is 5.64. The number of nitrogens with zero attached hydrogens (tertiary/aromatic N) is 1. The minimum atomic E-state index is -0.410. The first kappa shape index (κ1) is 12.3. The monoisotopic (exact) mass is 214 g/mol. The molecule has 1 saturated heterocycles. The quantitative estimate of drug-likeness (QED) is 0.761. The van der Waals surface area contributed by atoms with Crippen LogP contribution in [0.3, 0.4) is 0 Å². The summed E-state index contributed by atoms with van der Waals surface area (Å²) in [5, 5.41) is 0. The average molecular weight is 214 g/mol. The smallest absolute Gasteiger partial charge is 0.410 e. The highest BCUT2D eigenvalue weighted by atomic mass is 16.6. The Bertz CT molecular complexity index is 223. The van der Waals surface area contributed by atoms with Crippen LogP contribution in [0.4, 0.5) is 4.79 Å². The van der Waals surface area contributed by atoms with Gasteiger partial charge in [0.2, 0.25) is 0 Å². The summed E-state index contributed by atoms with van der Waals surface area (Å²) in [5.74, 6) is 0. The fraction of sp³-hybridized carbons (Fsp3) is 0.909. The molecule has 1 rings (SSSR count). The summed E-state index contributed by atoms with van der Waals surface area (Å²) in [6.45, 7) is 7.10. The summed E-state index contributed by atoms with van der Waals surface area (Å²) in [6.07, 6.45) is 2.79. The number of likely N-dealkylation sites (tertiary alicyclic amines) is 1. The fourth-order valence-corrected chi connectivity index (χ4v) is 1.89. The van der Waals surface area contributed by atoms with Gasteiger partial charge in [-0.25, -0.2) is 4.79 Å². The Labute approximate surface area is 91.8 Å². The minimum Gasteiger partial charge on any atom is -0.444 e.